The highest BCUT2D eigenvalue weighted by Gasteiger charge is 2.05. The molecule has 0 aliphatic heterocycles. The standard InChI is InChI=1S/C13H16N4O3/c1-8-4-11(6-14-16-9(2)18)13(20)12(5-8)7-15-17-10(3)19/h4-7,20H,1-3H3,(H,16,18)(H,17,19)/b14-6+,15-7?. The molecule has 1 rings (SSSR count). The van der Waals surface area contributed by atoms with E-state index >= 15 is 0 Å². The molecule has 3 N–H and O–H groups in total. The number of carbonyl (C=O) groups is 2. The van der Waals surface area contributed by atoms with E-state index in [-0.39, 0.29) is 17.6 Å². The minimum Gasteiger partial charge on any atom is -0.507 e. The highest BCUT2D eigenvalue weighted by Crippen LogP contribution is 2.21. The number of hydrogen-bond donors (Lipinski definition) is 3. The maximum absolute atomic E-state index is 10.7. The average Bonchev–Trinajstić information content (AvgIpc) is 2.33. The van der Waals surface area contributed by atoms with Crippen molar-refractivity contribution in [3.05, 3.63) is 28.8 Å². The van der Waals surface area contributed by atoms with Gasteiger partial charge in [-0.1, -0.05) is 0 Å². The fraction of sp³-hybridized carbons (Fsp3) is 0.231. The Kier molecular flexibility index (Phi) is 5.40. The van der Waals surface area contributed by atoms with Crippen LogP contribution in [0.25, 0.3) is 0 Å². The van der Waals surface area contributed by atoms with Crippen LogP contribution in [0.5, 0.6) is 5.75 Å². The van der Waals surface area contributed by atoms with E-state index in [9.17, 15) is 14.7 Å². The van der Waals surface area contributed by atoms with Crippen LogP contribution in [-0.2, 0) is 9.59 Å². The number of phenolic OH excluding ortho intramolecular Hbond substituents is 1. The molecule has 1 aromatic rings. The second kappa shape index (κ2) is 7.03. The molecule has 0 unspecified atom stereocenters. The largest absolute Gasteiger partial charge is 0.507 e. The fourth-order valence-corrected chi connectivity index (χ4v) is 1.42. The number of phenols is 1. The second-order valence-corrected chi connectivity index (χ2v) is 4.14. The van der Waals surface area contributed by atoms with Gasteiger partial charge >= 0.3 is 0 Å². The van der Waals surface area contributed by atoms with Gasteiger partial charge < -0.3 is 5.11 Å². The molecule has 0 aliphatic rings. The van der Waals surface area contributed by atoms with Gasteiger partial charge in [0.15, 0.2) is 0 Å². The number of rotatable bonds is 4. The Hall–Kier alpha value is -2.70. The molecule has 0 fully saturated rings. The van der Waals surface area contributed by atoms with E-state index in [4.69, 9.17) is 0 Å². The molecular weight excluding hydrogens is 260 g/mol. The summed E-state index contributed by atoms with van der Waals surface area (Å²) in [4.78, 5) is 21.4. The first-order chi connectivity index (χ1) is 9.40. The van der Waals surface area contributed by atoms with Crippen LogP contribution in [0.1, 0.15) is 30.5 Å². The molecule has 1 aromatic carbocycles. The number of aryl methyl sites for hydroxylation is 1. The van der Waals surface area contributed by atoms with Crippen LogP contribution in [0.3, 0.4) is 0 Å². The van der Waals surface area contributed by atoms with Crippen molar-refractivity contribution in [2.24, 2.45) is 10.2 Å². The molecule has 0 atom stereocenters. The molecule has 7 heteroatoms. The van der Waals surface area contributed by atoms with Gasteiger partial charge in [0.1, 0.15) is 5.75 Å². The van der Waals surface area contributed by atoms with Gasteiger partial charge in [0.2, 0.25) is 11.8 Å². The zero-order valence-electron chi connectivity index (χ0n) is 11.5. The van der Waals surface area contributed by atoms with Crippen molar-refractivity contribution in [3.63, 3.8) is 0 Å². The smallest absolute Gasteiger partial charge is 0.236 e. The van der Waals surface area contributed by atoms with Crippen molar-refractivity contribution in [3.8, 4) is 5.75 Å². The third kappa shape index (κ3) is 4.89. The average molecular weight is 276 g/mol. The molecule has 0 aliphatic carbocycles. The lowest BCUT2D eigenvalue weighted by atomic mass is 10.1. The van der Waals surface area contributed by atoms with E-state index in [0.717, 1.165) is 5.56 Å². The number of carbonyl (C=O) groups excluding carboxylic acids is 2. The number of nitrogens with zero attached hydrogens (tertiary/aromatic N) is 2. The van der Waals surface area contributed by atoms with E-state index < -0.39 is 0 Å². The Morgan fingerprint density at radius 1 is 1.05 bits per heavy atom. The number of hydrazone groups is 2. The first-order valence-electron chi connectivity index (χ1n) is 5.83. The molecule has 0 heterocycles. The van der Waals surface area contributed by atoms with Gasteiger partial charge in [-0.05, 0) is 24.6 Å². The zero-order chi connectivity index (χ0) is 15.1. The number of amides is 2. The maximum atomic E-state index is 10.7. The maximum Gasteiger partial charge on any atom is 0.236 e. The van der Waals surface area contributed by atoms with Crippen LogP contribution in [0.2, 0.25) is 0 Å². The Balaban J connectivity index is 3.00. The van der Waals surface area contributed by atoms with Gasteiger partial charge in [0.25, 0.3) is 0 Å². The Bertz CT molecular complexity index is 532. The summed E-state index contributed by atoms with van der Waals surface area (Å²) in [5, 5.41) is 17.4. The summed E-state index contributed by atoms with van der Waals surface area (Å²) in [6, 6.07) is 3.41. The van der Waals surface area contributed by atoms with Crippen LogP contribution >= 0.6 is 0 Å². The molecule has 0 saturated heterocycles. The Morgan fingerprint density at radius 2 is 1.45 bits per heavy atom. The third-order valence-electron chi connectivity index (χ3n) is 2.16. The quantitative estimate of drug-likeness (QED) is 0.555. The summed E-state index contributed by atoms with van der Waals surface area (Å²) in [5.74, 6) is -0.652. The summed E-state index contributed by atoms with van der Waals surface area (Å²) >= 11 is 0. The van der Waals surface area contributed by atoms with E-state index in [1.807, 2.05) is 6.92 Å². The van der Waals surface area contributed by atoms with E-state index in [1.165, 1.54) is 26.3 Å². The van der Waals surface area contributed by atoms with Gasteiger partial charge in [0.05, 0.1) is 12.4 Å². The van der Waals surface area contributed by atoms with Crippen LogP contribution in [0, 0.1) is 6.92 Å². The SMILES string of the molecule is CC(=O)NN=Cc1cc(C)cc(/C=N/NC(C)=O)c1O. The van der Waals surface area contributed by atoms with Crippen molar-refractivity contribution in [2.75, 3.05) is 0 Å². The van der Waals surface area contributed by atoms with E-state index in [1.54, 1.807) is 12.1 Å². The lowest BCUT2D eigenvalue weighted by Crippen LogP contribution is -2.13. The number of aromatic hydroxyl groups is 1. The summed E-state index contributed by atoms with van der Waals surface area (Å²) in [5.41, 5.74) is 6.23. The number of benzene rings is 1. The molecule has 0 spiro atoms. The predicted molar refractivity (Wildman–Crippen MR) is 75.7 cm³/mol. The van der Waals surface area contributed by atoms with Crippen molar-refractivity contribution in [1.29, 1.82) is 0 Å². The van der Waals surface area contributed by atoms with Crippen molar-refractivity contribution < 1.29 is 14.7 Å². The molecule has 2 amide bonds. The molecule has 106 valence electrons. The zero-order valence-corrected chi connectivity index (χ0v) is 11.5. The summed E-state index contributed by atoms with van der Waals surface area (Å²) in [6.45, 7) is 4.50. The first kappa shape index (κ1) is 15.4. The first-order valence-corrected chi connectivity index (χ1v) is 5.83. The minimum atomic E-state index is -0.305. The number of hydrogen-bond acceptors (Lipinski definition) is 5. The van der Waals surface area contributed by atoms with E-state index in [0.29, 0.717) is 11.1 Å². The van der Waals surface area contributed by atoms with Crippen LogP contribution < -0.4 is 10.9 Å². The molecule has 0 radical (unpaired) electrons. The lowest BCUT2D eigenvalue weighted by molar-refractivity contribution is -0.119. The summed E-state index contributed by atoms with van der Waals surface area (Å²) in [7, 11) is 0. The highest BCUT2D eigenvalue weighted by molar-refractivity contribution is 5.93. The predicted octanol–water partition coefficient (Wildman–Crippen LogP) is 0.641. The lowest BCUT2D eigenvalue weighted by Gasteiger charge is -2.05. The molecule has 0 saturated carbocycles. The van der Waals surface area contributed by atoms with Crippen LogP contribution in [0.4, 0.5) is 0 Å². The van der Waals surface area contributed by atoms with Gasteiger partial charge in [-0.3, -0.25) is 9.59 Å². The van der Waals surface area contributed by atoms with Crippen LogP contribution in [0.15, 0.2) is 22.3 Å². The van der Waals surface area contributed by atoms with Gasteiger partial charge in [-0.2, -0.15) is 10.2 Å². The summed E-state index contributed by atoms with van der Waals surface area (Å²) in [6.07, 6.45) is 2.67. The van der Waals surface area contributed by atoms with Gasteiger partial charge in [-0.15, -0.1) is 0 Å². The summed E-state index contributed by atoms with van der Waals surface area (Å²) < 4.78 is 0. The molecule has 0 bridgehead atoms. The van der Waals surface area contributed by atoms with Gasteiger partial charge in [0, 0.05) is 25.0 Å². The Labute approximate surface area is 116 Å². The normalized spacial score (nSPS) is 10.9. The second-order valence-electron chi connectivity index (χ2n) is 4.14. The highest BCUT2D eigenvalue weighted by atomic mass is 16.3. The molecule has 0 aromatic heterocycles. The fourth-order valence-electron chi connectivity index (χ4n) is 1.42. The molecular formula is C13H16N4O3. The van der Waals surface area contributed by atoms with Crippen molar-refractivity contribution >= 4 is 24.2 Å². The third-order valence-corrected chi connectivity index (χ3v) is 2.16. The minimum absolute atomic E-state index is 0.0428. The van der Waals surface area contributed by atoms with Crippen LogP contribution in [-0.4, -0.2) is 29.4 Å². The molecule has 7 nitrogen and oxygen atoms in total. The van der Waals surface area contributed by atoms with E-state index in [2.05, 4.69) is 21.1 Å². The van der Waals surface area contributed by atoms with Crippen molar-refractivity contribution in [2.45, 2.75) is 20.8 Å². The number of nitrogens with one attached hydrogen (secondary N) is 2. The topological polar surface area (TPSA) is 103 Å². The Morgan fingerprint density at radius 3 is 1.80 bits per heavy atom. The monoisotopic (exact) mass is 276 g/mol. The molecule has 20 heavy (non-hydrogen) atoms. The van der Waals surface area contributed by atoms with Crippen molar-refractivity contribution in [1.82, 2.24) is 10.9 Å². The van der Waals surface area contributed by atoms with Gasteiger partial charge in [-0.25, -0.2) is 10.9 Å².